The molecule has 3 nitrogen and oxygen atoms in total. The fourth-order valence-corrected chi connectivity index (χ4v) is 3.31. The molecule has 0 amide bonds. The van der Waals surface area contributed by atoms with Crippen LogP contribution in [-0.4, -0.2) is 18.8 Å². The van der Waals surface area contributed by atoms with Gasteiger partial charge < -0.3 is 14.8 Å². The summed E-state index contributed by atoms with van der Waals surface area (Å²) in [5.41, 5.74) is 1.23. The minimum absolute atomic E-state index is 0.128. The second-order valence-electron chi connectivity index (χ2n) is 5.87. The topological polar surface area (TPSA) is 30.5 Å². The maximum absolute atomic E-state index is 5.87. The number of rotatable bonds is 7. The van der Waals surface area contributed by atoms with Crippen LogP contribution in [0.5, 0.6) is 11.5 Å². The third-order valence-electron chi connectivity index (χ3n) is 3.67. The highest BCUT2D eigenvalue weighted by Crippen LogP contribution is 2.37. The third-order valence-corrected chi connectivity index (χ3v) is 4.26. The number of hydrogen-bond donors (Lipinski definition) is 1. The first kappa shape index (κ1) is 16.6. The monoisotopic (exact) mass is 355 g/mol. The van der Waals surface area contributed by atoms with E-state index >= 15 is 0 Å². The molecule has 1 aromatic carbocycles. The molecule has 0 heterocycles. The van der Waals surface area contributed by atoms with Gasteiger partial charge >= 0.3 is 0 Å². The fourth-order valence-electron chi connectivity index (χ4n) is 2.73. The van der Waals surface area contributed by atoms with Crippen LogP contribution in [-0.2, 0) is 6.54 Å². The van der Waals surface area contributed by atoms with Crippen LogP contribution in [0.4, 0.5) is 0 Å². The summed E-state index contributed by atoms with van der Waals surface area (Å²) in [6.45, 7) is 7.57. The predicted molar refractivity (Wildman–Crippen MR) is 90.2 cm³/mol. The van der Waals surface area contributed by atoms with E-state index in [0.29, 0.717) is 12.6 Å². The largest absolute Gasteiger partial charge is 0.490 e. The minimum Gasteiger partial charge on any atom is -0.490 e. The van der Waals surface area contributed by atoms with E-state index in [4.69, 9.17) is 9.47 Å². The van der Waals surface area contributed by atoms with Crippen LogP contribution in [0.2, 0.25) is 0 Å². The van der Waals surface area contributed by atoms with Gasteiger partial charge in [-0.05, 0) is 67.2 Å². The molecule has 1 aromatic rings. The van der Waals surface area contributed by atoms with Crippen LogP contribution in [0, 0.1) is 0 Å². The Balaban J connectivity index is 2.10. The molecular weight excluding hydrogens is 330 g/mol. The van der Waals surface area contributed by atoms with Crippen LogP contribution < -0.4 is 14.8 Å². The van der Waals surface area contributed by atoms with E-state index in [2.05, 4.69) is 33.4 Å². The van der Waals surface area contributed by atoms with Gasteiger partial charge in [0.1, 0.15) is 0 Å². The normalized spacial score (nSPS) is 15.7. The molecule has 118 valence electrons. The fraction of sp³-hybridized carbons (Fsp3) is 0.647. The molecule has 1 N–H and O–H groups in total. The maximum Gasteiger partial charge on any atom is 0.175 e. The van der Waals surface area contributed by atoms with Crippen molar-refractivity contribution in [2.45, 2.75) is 65.1 Å². The van der Waals surface area contributed by atoms with Crippen molar-refractivity contribution in [2.75, 3.05) is 6.61 Å². The Morgan fingerprint density at radius 2 is 2.00 bits per heavy atom. The molecule has 1 saturated carbocycles. The number of benzene rings is 1. The molecule has 0 aromatic heterocycles. The van der Waals surface area contributed by atoms with E-state index in [-0.39, 0.29) is 6.10 Å². The standard InChI is InChI=1S/C17H26BrNO2/c1-4-20-16-10-13(11-19-14-7-5-6-8-14)9-15(18)17(16)21-12(2)3/h9-10,12,14,19H,4-8,11H2,1-3H3. The van der Waals surface area contributed by atoms with Gasteiger partial charge in [0.15, 0.2) is 11.5 Å². The summed E-state index contributed by atoms with van der Waals surface area (Å²) in [5.74, 6) is 1.63. The molecule has 0 atom stereocenters. The Labute approximate surface area is 136 Å². The van der Waals surface area contributed by atoms with Gasteiger partial charge in [-0.15, -0.1) is 0 Å². The van der Waals surface area contributed by atoms with E-state index in [1.807, 2.05) is 20.8 Å². The second-order valence-corrected chi connectivity index (χ2v) is 6.72. The summed E-state index contributed by atoms with van der Waals surface area (Å²) in [6, 6.07) is 4.89. The highest BCUT2D eigenvalue weighted by molar-refractivity contribution is 9.10. The lowest BCUT2D eigenvalue weighted by Gasteiger charge is -2.18. The molecule has 0 spiro atoms. The molecule has 21 heavy (non-hydrogen) atoms. The maximum atomic E-state index is 5.87. The molecule has 1 fully saturated rings. The van der Waals surface area contributed by atoms with Gasteiger partial charge in [-0.1, -0.05) is 12.8 Å². The molecule has 0 radical (unpaired) electrons. The lowest BCUT2D eigenvalue weighted by Crippen LogP contribution is -2.25. The molecule has 0 aliphatic heterocycles. The van der Waals surface area contributed by atoms with Crippen molar-refractivity contribution in [3.8, 4) is 11.5 Å². The lowest BCUT2D eigenvalue weighted by atomic mass is 10.1. The Hall–Kier alpha value is -0.740. The van der Waals surface area contributed by atoms with Gasteiger partial charge in [0.05, 0.1) is 17.2 Å². The van der Waals surface area contributed by atoms with Crippen LogP contribution >= 0.6 is 15.9 Å². The van der Waals surface area contributed by atoms with Gasteiger partial charge in [0.2, 0.25) is 0 Å². The highest BCUT2D eigenvalue weighted by atomic mass is 79.9. The van der Waals surface area contributed by atoms with E-state index < -0.39 is 0 Å². The number of halogens is 1. The molecule has 0 bridgehead atoms. The summed E-state index contributed by atoms with van der Waals surface area (Å²) < 4.78 is 12.6. The van der Waals surface area contributed by atoms with Crippen molar-refractivity contribution in [1.82, 2.24) is 5.32 Å². The minimum atomic E-state index is 0.128. The zero-order valence-corrected chi connectivity index (χ0v) is 14.8. The van der Waals surface area contributed by atoms with Crippen molar-refractivity contribution < 1.29 is 9.47 Å². The van der Waals surface area contributed by atoms with Crippen molar-refractivity contribution >= 4 is 15.9 Å². The summed E-state index contributed by atoms with van der Waals surface area (Å²) in [5, 5.41) is 3.64. The summed E-state index contributed by atoms with van der Waals surface area (Å²) >= 11 is 3.62. The van der Waals surface area contributed by atoms with E-state index in [1.165, 1.54) is 31.2 Å². The SMILES string of the molecule is CCOc1cc(CNC2CCCC2)cc(Br)c1OC(C)C. The molecule has 0 unspecified atom stereocenters. The molecule has 2 rings (SSSR count). The quantitative estimate of drug-likeness (QED) is 0.770. The Bertz CT molecular complexity index is 456. The Morgan fingerprint density at radius 3 is 2.62 bits per heavy atom. The zero-order valence-electron chi connectivity index (χ0n) is 13.2. The van der Waals surface area contributed by atoms with E-state index in [1.54, 1.807) is 0 Å². The van der Waals surface area contributed by atoms with Crippen LogP contribution in [0.25, 0.3) is 0 Å². The van der Waals surface area contributed by atoms with Crippen LogP contribution in [0.1, 0.15) is 52.0 Å². The second kappa shape index (κ2) is 8.04. The number of hydrogen-bond acceptors (Lipinski definition) is 3. The Kier molecular flexibility index (Phi) is 6.37. The van der Waals surface area contributed by atoms with Crippen LogP contribution in [0.3, 0.4) is 0 Å². The average Bonchev–Trinajstić information content (AvgIpc) is 2.93. The average molecular weight is 356 g/mol. The van der Waals surface area contributed by atoms with Gasteiger partial charge in [-0.3, -0.25) is 0 Å². The predicted octanol–water partition coefficient (Wildman–Crippen LogP) is 4.67. The van der Waals surface area contributed by atoms with Gasteiger partial charge in [0, 0.05) is 12.6 Å². The molecule has 1 aliphatic rings. The molecule has 1 aliphatic carbocycles. The highest BCUT2D eigenvalue weighted by Gasteiger charge is 2.16. The van der Waals surface area contributed by atoms with E-state index in [9.17, 15) is 0 Å². The van der Waals surface area contributed by atoms with Gasteiger partial charge in [-0.25, -0.2) is 0 Å². The molecular formula is C17H26BrNO2. The lowest BCUT2D eigenvalue weighted by molar-refractivity contribution is 0.222. The first-order valence-electron chi connectivity index (χ1n) is 7.95. The van der Waals surface area contributed by atoms with Crippen molar-refractivity contribution in [2.24, 2.45) is 0 Å². The van der Waals surface area contributed by atoms with Crippen molar-refractivity contribution in [3.05, 3.63) is 22.2 Å². The summed E-state index contributed by atoms with van der Waals surface area (Å²) in [4.78, 5) is 0. The van der Waals surface area contributed by atoms with Gasteiger partial charge in [0.25, 0.3) is 0 Å². The first-order chi connectivity index (χ1) is 10.1. The zero-order chi connectivity index (χ0) is 15.2. The van der Waals surface area contributed by atoms with Crippen LogP contribution in [0.15, 0.2) is 16.6 Å². The number of nitrogens with one attached hydrogen (secondary N) is 1. The van der Waals surface area contributed by atoms with Crippen molar-refractivity contribution in [1.29, 1.82) is 0 Å². The smallest absolute Gasteiger partial charge is 0.175 e. The summed E-state index contributed by atoms with van der Waals surface area (Å²) in [7, 11) is 0. The van der Waals surface area contributed by atoms with E-state index in [0.717, 1.165) is 22.5 Å². The van der Waals surface area contributed by atoms with Gasteiger partial charge in [-0.2, -0.15) is 0 Å². The molecule has 4 heteroatoms. The van der Waals surface area contributed by atoms with Crippen molar-refractivity contribution in [3.63, 3.8) is 0 Å². The molecule has 0 saturated heterocycles. The Morgan fingerprint density at radius 1 is 1.29 bits per heavy atom. The summed E-state index contributed by atoms with van der Waals surface area (Å²) in [6.07, 6.45) is 5.43. The first-order valence-corrected chi connectivity index (χ1v) is 8.74. The number of ether oxygens (including phenoxy) is 2. The third kappa shape index (κ3) is 4.89.